The predicted octanol–water partition coefficient (Wildman–Crippen LogP) is 4.55. The lowest BCUT2D eigenvalue weighted by atomic mass is 10.00. The van der Waals surface area contributed by atoms with Gasteiger partial charge in [0, 0.05) is 29.4 Å². The Labute approximate surface area is 226 Å². The summed E-state index contributed by atoms with van der Waals surface area (Å²) in [6, 6.07) is 12.8. The molecule has 0 aliphatic carbocycles. The summed E-state index contributed by atoms with van der Waals surface area (Å²) in [6.07, 6.45) is 1.55. The van der Waals surface area contributed by atoms with Crippen LogP contribution in [0.25, 0.3) is 0 Å². The summed E-state index contributed by atoms with van der Waals surface area (Å²) in [5, 5.41) is 2.60. The number of nitrogens with one attached hydrogen (secondary N) is 1. The summed E-state index contributed by atoms with van der Waals surface area (Å²) in [5.41, 5.74) is 1.47. The fraction of sp³-hybridized carbons (Fsp3) is 0.429. The van der Waals surface area contributed by atoms with E-state index in [2.05, 4.69) is 5.32 Å². The topological polar surface area (TPSA) is 90.0 Å². The number of halogens is 1. The maximum absolute atomic E-state index is 14.1. The van der Waals surface area contributed by atoms with Gasteiger partial charge < -0.3 is 15.1 Å². The molecule has 1 fully saturated rings. The van der Waals surface area contributed by atoms with Gasteiger partial charge in [-0.1, -0.05) is 36.0 Å². The monoisotopic (exact) mass is 540 g/mol. The molecule has 0 spiro atoms. The van der Waals surface area contributed by atoms with E-state index in [1.807, 2.05) is 62.4 Å². The summed E-state index contributed by atoms with van der Waals surface area (Å²) in [4.78, 5) is 59.1. The fourth-order valence-electron chi connectivity index (χ4n) is 4.96. The van der Waals surface area contributed by atoms with E-state index in [1.165, 1.54) is 9.80 Å². The molecule has 2 aliphatic heterocycles. The average Bonchev–Trinajstić information content (AvgIpc) is 2.95. The Morgan fingerprint density at radius 3 is 2.18 bits per heavy atom. The van der Waals surface area contributed by atoms with Gasteiger partial charge in [0.15, 0.2) is 5.78 Å². The number of piperidine rings is 1. The van der Waals surface area contributed by atoms with Crippen LogP contribution in [0.4, 0.5) is 20.6 Å². The lowest BCUT2D eigenvalue weighted by Gasteiger charge is -2.40. The number of fused-ring (bicyclic) bond motifs is 2. The molecule has 38 heavy (non-hydrogen) atoms. The quantitative estimate of drug-likeness (QED) is 0.531. The van der Waals surface area contributed by atoms with Crippen LogP contribution >= 0.6 is 11.8 Å². The highest BCUT2D eigenvalue weighted by Crippen LogP contribution is 2.48. The van der Waals surface area contributed by atoms with Crippen LogP contribution in [0.15, 0.2) is 58.3 Å². The highest BCUT2D eigenvalue weighted by atomic mass is 32.2. The number of benzene rings is 2. The number of urea groups is 1. The molecule has 202 valence electrons. The summed E-state index contributed by atoms with van der Waals surface area (Å²) in [7, 11) is 0. The summed E-state index contributed by atoms with van der Waals surface area (Å²) in [6.45, 7) is 3.59. The third-order valence-corrected chi connectivity index (χ3v) is 8.14. The minimum Gasteiger partial charge on any atom is -0.344 e. The van der Waals surface area contributed by atoms with Crippen molar-refractivity contribution in [2.24, 2.45) is 0 Å². The lowest BCUT2D eigenvalue weighted by Crippen LogP contribution is -2.58. The minimum absolute atomic E-state index is 0.319. The van der Waals surface area contributed by atoms with E-state index in [9.17, 15) is 23.6 Å². The van der Waals surface area contributed by atoms with E-state index in [4.69, 9.17) is 0 Å². The van der Waals surface area contributed by atoms with Crippen molar-refractivity contribution in [1.29, 1.82) is 0 Å². The number of likely N-dealkylation sites (tertiary alicyclic amines) is 1. The molecule has 0 aromatic heterocycles. The minimum atomic E-state index is -1.29. The molecule has 2 atom stereocenters. The van der Waals surface area contributed by atoms with Crippen LogP contribution in [-0.2, 0) is 14.4 Å². The Kier molecular flexibility index (Phi) is 9.04. The number of Topliss-reactive ketones (excluding diaryl/α,β-unsaturated/α-hetero) is 1. The van der Waals surface area contributed by atoms with Crippen molar-refractivity contribution in [1.82, 2.24) is 15.1 Å². The molecule has 2 aromatic carbocycles. The number of carbonyl (C=O) groups excluding carboxylic acids is 4. The number of anilines is 2. The molecule has 1 saturated heterocycles. The van der Waals surface area contributed by atoms with Crippen molar-refractivity contribution in [3.63, 3.8) is 0 Å². The SMILES string of the molecule is CCN(CC)C(=O)CC(NC(=O)C1CCCCN1C(=O)N1c2ccccc2Sc2ccccc21)C(=O)CF. The Balaban J connectivity index is 1.59. The van der Waals surface area contributed by atoms with Gasteiger partial charge in [0.25, 0.3) is 0 Å². The van der Waals surface area contributed by atoms with Gasteiger partial charge >= 0.3 is 6.03 Å². The van der Waals surface area contributed by atoms with E-state index in [1.54, 1.807) is 16.7 Å². The number of amides is 4. The van der Waals surface area contributed by atoms with Crippen LogP contribution in [0.1, 0.15) is 39.5 Å². The fourth-order valence-corrected chi connectivity index (χ4v) is 6.02. The van der Waals surface area contributed by atoms with Gasteiger partial charge in [0.05, 0.1) is 23.8 Å². The normalized spacial score (nSPS) is 17.2. The number of carbonyl (C=O) groups is 4. The van der Waals surface area contributed by atoms with E-state index < -0.39 is 30.4 Å². The molecule has 2 heterocycles. The second kappa shape index (κ2) is 12.4. The van der Waals surface area contributed by atoms with Gasteiger partial charge in [-0.15, -0.1) is 0 Å². The van der Waals surface area contributed by atoms with Crippen LogP contribution in [-0.4, -0.2) is 71.8 Å². The van der Waals surface area contributed by atoms with Crippen LogP contribution in [0, 0.1) is 0 Å². The zero-order valence-electron chi connectivity index (χ0n) is 21.7. The number of ketones is 1. The number of para-hydroxylation sites is 2. The number of hydrogen-bond acceptors (Lipinski definition) is 5. The molecule has 0 saturated carbocycles. The predicted molar refractivity (Wildman–Crippen MR) is 144 cm³/mol. The molecule has 2 aliphatic rings. The zero-order chi connectivity index (χ0) is 27.2. The molecule has 2 unspecified atom stereocenters. The second-order valence-corrected chi connectivity index (χ2v) is 10.4. The number of rotatable bonds is 8. The largest absolute Gasteiger partial charge is 0.344 e. The Morgan fingerprint density at radius 2 is 1.61 bits per heavy atom. The Bertz CT molecular complexity index is 1160. The molecule has 8 nitrogen and oxygen atoms in total. The molecule has 0 bridgehead atoms. The second-order valence-electron chi connectivity index (χ2n) is 9.29. The maximum atomic E-state index is 14.1. The van der Waals surface area contributed by atoms with Gasteiger partial charge in [-0.05, 0) is 57.4 Å². The van der Waals surface area contributed by atoms with Crippen LogP contribution in [0.3, 0.4) is 0 Å². The van der Waals surface area contributed by atoms with E-state index in [0.29, 0.717) is 26.1 Å². The zero-order valence-corrected chi connectivity index (χ0v) is 22.5. The smallest absolute Gasteiger partial charge is 0.329 e. The van der Waals surface area contributed by atoms with E-state index in [0.717, 1.165) is 34.0 Å². The van der Waals surface area contributed by atoms with Crippen molar-refractivity contribution in [3.8, 4) is 0 Å². The molecular weight excluding hydrogens is 507 g/mol. The van der Waals surface area contributed by atoms with E-state index >= 15 is 0 Å². The van der Waals surface area contributed by atoms with Crippen LogP contribution in [0.5, 0.6) is 0 Å². The molecule has 10 heteroatoms. The van der Waals surface area contributed by atoms with Crippen molar-refractivity contribution in [2.45, 2.75) is 61.4 Å². The Morgan fingerprint density at radius 1 is 1.00 bits per heavy atom. The highest BCUT2D eigenvalue weighted by Gasteiger charge is 2.39. The van der Waals surface area contributed by atoms with Gasteiger partial charge in [-0.25, -0.2) is 9.18 Å². The number of nitrogens with zero attached hydrogens (tertiary/aromatic N) is 3. The van der Waals surface area contributed by atoms with Crippen molar-refractivity contribution >= 4 is 46.8 Å². The lowest BCUT2D eigenvalue weighted by molar-refractivity contribution is -0.136. The first-order chi connectivity index (χ1) is 18.4. The summed E-state index contributed by atoms with van der Waals surface area (Å²) >= 11 is 1.58. The molecule has 0 radical (unpaired) electrons. The maximum Gasteiger partial charge on any atom is 0.329 e. The van der Waals surface area contributed by atoms with Crippen molar-refractivity contribution in [3.05, 3.63) is 48.5 Å². The van der Waals surface area contributed by atoms with Gasteiger partial charge in [-0.3, -0.25) is 19.3 Å². The first-order valence-corrected chi connectivity index (χ1v) is 13.8. The summed E-state index contributed by atoms with van der Waals surface area (Å²) < 4.78 is 13.4. The highest BCUT2D eigenvalue weighted by molar-refractivity contribution is 7.99. The molecule has 4 amide bonds. The van der Waals surface area contributed by atoms with Crippen molar-refractivity contribution < 1.29 is 23.6 Å². The third kappa shape index (κ3) is 5.70. The molecule has 4 rings (SSSR count). The van der Waals surface area contributed by atoms with Gasteiger partial charge in [0.2, 0.25) is 11.8 Å². The number of hydrogen-bond donors (Lipinski definition) is 1. The van der Waals surface area contributed by atoms with Crippen LogP contribution in [0.2, 0.25) is 0 Å². The third-order valence-electron chi connectivity index (χ3n) is 7.01. The van der Waals surface area contributed by atoms with Gasteiger partial charge in [0.1, 0.15) is 12.7 Å². The molecular formula is C28H33FN4O4S. The summed E-state index contributed by atoms with van der Waals surface area (Å²) in [5.74, 6) is -1.74. The first-order valence-electron chi connectivity index (χ1n) is 13.0. The standard InChI is InChI=1S/C28H33FN4O4S/c1-3-31(4-2)26(35)17-19(23(34)18-29)30-27(36)22-13-9-10-16-32(22)28(37)33-20-11-5-7-14-24(20)38-25-15-8-6-12-21(25)33/h5-8,11-12,14-15,19,22H,3-4,9-10,13,16-18H2,1-2H3,(H,30,36). The van der Waals surface area contributed by atoms with Crippen molar-refractivity contribution in [2.75, 3.05) is 31.2 Å². The van der Waals surface area contributed by atoms with Crippen LogP contribution < -0.4 is 10.2 Å². The molecule has 1 N–H and O–H groups in total. The Hall–Kier alpha value is -3.40. The van der Waals surface area contributed by atoms with E-state index in [-0.39, 0.29) is 18.4 Å². The van der Waals surface area contributed by atoms with Gasteiger partial charge in [-0.2, -0.15) is 0 Å². The molecule has 2 aromatic rings. The number of alkyl halides is 1. The average molecular weight is 541 g/mol. The first kappa shape index (κ1) is 27.6.